The lowest BCUT2D eigenvalue weighted by Gasteiger charge is -2.50. The van der Waals surface area contributed by atoms with E-state index in [1.54, 1.807) is 5.57 Å². The summed E-state index contributed by atoms with van der Waals surface area (Å²) in [6, 6.07) is 0. The Balaban J connectivity index is 2.62. The summed E-state index contributed by atoms with van der Waals surface area (Å²) in [5, 5.41) is 0. The van der Waals surface area contributed by atoms with E-state index >= 15 is 0 Å². The van der Waals surface area contributed by atoms with Gasteiger partial charge in [-0.2, -0.15) is 0 Å². The number of carbonyl (C=O) groups excluding carboxylic acids is 1. The Morgan fingerprint density at radius 1 is 1.21 bits per heavy atom. The molecule has 0 amide bonds. The zero-order valence-corrected chi connectivity index (χ0v) is 13.5. The molecule has 3 atom stereocenters. The predicted molar refractivity (Wildman–Crippen MR) is 80.8 cm³/mol. The molecule has 0 fully saturated rings. The van der Waals surface area contributed by atoms with Crippen LogP contribution >= 0.6 is 0 Å². The molecule has 2 aliphatic rings. The smallest absolute Gasteiger partial charge is 0.123 e. The third-order valence-electron chi connectivity index (χ3n) is 5.87. The summed E-state index contributed by atoms with van der Waals surface area (Å²) >= 11 is 0. The molecular formula is C18H28O. The van der Waals surface area contributed by atoms with Crippen LogP contribution in [-0.4, -0.2) is 6.29 Å². The molecule has 0 aromatic carbocycles. The Hall–Kier alpha value is -0.850. The van der Waals surface area contributed by atoms with Gasteiger partial charge < -0.3 is 4.79 Å². The maximum absolute atomic E-state index is 11.4. The largest absolute Gasteiger partial charge is 0.303 e. The molecule has 0 aliphatic heterocycles. The first-order valence-electron chi connectivity index (χ1n) is 7.52. The standard InChI is InChI=1S/C18H28O/c1-11-9-17(4,5)16-13(3)12(2)14(10-19)8-15(16)18(11,6)7/h9-10,12-14H,8H2,1-7H3. The predicted octanol–water partition coefficient (Wildman–Crippen LogP) is 4.79. The van der Waals surface area contributed by atoms with E-state index in [-0.39, 0.29) is 16.7 Å². The third-order valence-corrected chi connectivity index (χ3v) is 5.87. The molecule has 0 heterocycles. The highest BCUT2D eigenvalue weighted by Crippen LogP contribution is 2.56. The van der Waals surface area contributed by atoms with Crippen molar-refractivity contribution in [3.63, 3.8) is 0 Å². The van der Waals surface area contributed by atoms with Crippen molar-refractivity contribution in [2.45, 2.75) is 54.9 Å². The molecule has 2 aliphatic carbocycles. The van der Waals surface area contributed by atoms with E-state index in [9.17, 15) is 4.79 Å². The first-order chi connectivity index (χ1) is 8.63. The van der Waals surface area contributed by atoms with Crippen molar-refractivity contribution in [2.75, 3.05) is 0 Å². The van der Waals surface area contributed by atoms with Crippen molar-refractivity contribution in [3.8, 4) is 0 Å². The lowest BCUT2D eigenvalue weighted by Crippen LogP contribution is -2.40. The molecule has 1 nitrogen and oxygen atoms in total. The maximum Gasteiger partial charge on any atom is 0.123 e. The summed E-state index contributed by atoms with van der Waals surface area (Å²) in [5.74, 6) is 1.14. The van der Waals surface area contributed by atoms with Crippen LogP contribution in [0.25, 0.3) is 0 Å². The number of hydrogen-bond acceptors (Lipinski definition) is 1. The van der Waals surface area contributed by atoms with Crippen LogP contribution in [0.3, 0.4) is 0 Å². The van der Waals surface area contributed by atoms with Gasteiger partial charge in [0.25, 0.3) is 0 Å². The van der Waals surface area contributed by atoms with Crippen LogP contribution in [-0.2, 0) is 4.79 Å². The van der Waals surface area contributed by atoms with Gasteiger partial charge in [-0.25, -0.2) is 0 Å². The van der Waals surface area contributed by atoms with Crippen LogP contribution in [0.4, 0.5) is 0 Å². The number of carbonyl (C=O) groups is 1. The minimum absolute atomic E-state index is 0.112. The number of aldehydes is 1. The minimum Gasteiger partial charge on any atom is -0.303 e. The summed E-state index contributed by atoms with van der Waals surface area (Å²) in [4.78, 5) is 11.4. The van der Waals surface area contributed by atoms with Gasteiger partial charge in [-0.1, -0.05) is 64.3 Å². The summed E-state index contributed by atoms with van der Waals surface area (Å²) in [6.45, 7) is 16.1. The van der Waals surface area contributed by atoms with Crippen LogP contribution in [0.15, 0.2) is 22.8 Å². The quantitative estimate of drug-likeness (QED) is 0.489. The van der Waals surface area contributed by atoms with Crippen molar-refractivity contribution in [3.05, 3.63) is 22.8 Å². The molecule has 0 saturated heterocycles. The second-order valence-electron chi connectivity index (χ2n) is 7.72. The van der Waals surface area contributed by atoms with Crippen molar-refractivity contribution in [1.29, 1.82) is 0 Å². The van der Waals surface area contributed by atoms with Crippen LogP contribution in [0.1, 0.15) is 54.9 Å². The molecule has 106 valence electrons. The molecule has 0 N–H and O–H groups in total. The highest BCUT2D eigenvalue weighted by atomic mass is 16.1. The summed E-state index contributed by atoms with van der Waals surface area (Å²) < 4.78 is 0. The zero-order chi connectivity index (χ0) is 14.6. The van der Waals surface area contributed by atoms with Crippen LogP contribution in [0.2, 0.25) is 0 Å². The van der Waals surface area contributed by atoms with Crippen molar-refractivity contribution < 1.29 is 4.79 Å². The van der Waals surface area contributed by atoms with Gasteiger partial charge in [-0.15, -0.1) is 0 Å². The molecule has 2 rings (SSSR count). The summed E-state index contributed by atoms with van der Waals surface area (Å²) in [6.07, 6.45) is 4.57. The van der Waals surface area contributed by atoms with Crippen molar-refractivity contribution >= 4 is 6.29 Å². The highest BCUT2D eigenvalue weighted by Gasteiger charge is 2.45. The first-order valence-corrected chi connectivity index (χ1v) is 7.52. The molecule has 0 aromatic rings. The van der Waals surface area contributed by atoms with Gasteiger partial charge in [-0.3, -0.25) is 0 Å². The van der Waals surface area contributed by atoms with E-state index in [4.69, 9.17) is 0 Å². The Morgan fingerprint density at radius 2 is 1.79 bits per heavy atom. The van der Waals surface area contributed by atoms with Gasteiger partial charge in [0.1, 0.15) is 6.29 Å². The van der Waals surface area contributed by atoms with Gasteiger partial charge in [-0.05, 0) is 25.2 Å². The molecule has 0 aromatic heterocycles. The number of rotatable bonds is 1. The van der Waals surface area contributed by atoms with Crippen LogP contribution < -0.4 is 0 Å². The van der Waals surface area contributed by atoms with E-state index in [0.717, 1.165) is 6.42 Å². The lowest BCUT2D eigenvalue weighted by molar-refractivity contribution is -0.113. The molecule has 0 spiro atoms. The van der Waals surface area contributed by atoms with Gasteiger partial charge in [0.15, 0.2) is 0 Å². The van der Waals surface area contributed by atoms with Gasteiger partial charge in [0.05, 0.1) is 0 Å². The van der Waals surface area contributed by atoms with E-state index < -0.39 is 0 Å². The lowest BCUT2D eigenvalue weighted by atomic mass is 9.54. The molecular weight excluding hydrogens is 232 g/mol. The zero-order valence-electron chi connectivity index (χ0n) is 13.5. The van der Waals surface area contributed by atoms with E-state index in [1.165, 1.54) is 17.4 Å². The van der Waals surface area contributed by atoms with E-state index in [2.05, 4.69) is 54.5 Å². The average molecular weight is 260 g/mol. The third kappa shape index (κ3) is 2.02. The fraction of sp³-hybridized carbons (Fsp3) is 0.722. The molecule has 1 heteroatoms. The van der Waals surface area contributed by atoms with Gasteiger partial charge in [0.2, 0.25) is 0 Å². The maximum atomic E-state index is 11.4. The van der Waals surface area contributed by atoms with E-state index in [1.807, 2.05) is 0 Å². The monoisotopic (exact) mass is 260 g/mol. The highest BCUT2D eigenvalue weighted by molar-refractivity contribution is 5.58. The minimum atomic E-state index is 0.112. The summed E-state index contributed by atoms with van der Waals surface area (Å²) in [7, 11) is 0. The number of allylic oxidation sites excluding steroid dienone is 4. The molecule has 19 heavy (non-hydrogen) atoms. The Labute approximate surface area is 118 Å². The normalized spacial score (nSPS) is 36.6. The SMILES string of the molecule is CC1=CC(C)(C)C2=C(CC(C=O)C(C)C2C)C1(C)C. The van der Waals surface area contributed by atoms with Crippen molar-refractivity contribution in [2.24, 2.45) is 28.6 Å². The van der Waals surface area contributed by atoms with Crippen LogP contribution in [0, 0.1) is 28.6 Å². The topological polar surface area (TPSA) is 17.1 Å². The van der Waals surface area contributed by atoms with Crippen LogP contribution in [0.5, 0.6) is 0 Å². The fourth-order valence-corrected chi connectivity index (χ4v) is 4.22. The molecule has 0 radical (unpaired) electrons. The van der Waals surface area contributed by atoms with Crippen molar-refractivity contribution in [1.82, 2.24) is 0 Å². The fourth-order valence-electron chi connectivity index (χ4n) is 4.22. The Morgan fingerprint density at radius 3 is 2.32 bits per heavy atom. The average Bonchev–Trinajstić information content (AvgIpc) is 2.29. The van der Waals surface area contributed by atoms with E-state index in [0.29, 0.717) is 11.8 Å². The number of hydrogen-bond donors (Lipinski definition) is 0. The summed E-state index contributed by atoms with van der Waals surface area (Å²) in [5.41, 5.74) is 4.81. The molecule has 0 bridgehead atoms. The van der Waals surface area contributed by atoms with Gasteiger partial charge >= 0.3 is 0 Å². The second kappa shape index (κ2) is 4.33. The molecule has 0 saturated carbocycles. The van der Waals surface area contributed by atoms with Gasteiger partial charge in [0, 0.05) is 16.7 Å². The first kappa shape index (κ1) is 14.6. The molecule has 3 unspecified atom stereocenters. The Bertz CT molecular complexity index is 462. The Kier molecular flexibility index (Phi) is 3.32. The second-order valence-corrected chi connectivity index (χ2v) is 7.72.